The Hall–Kier alpha value is -3.90. The van der Waals surface area contributed by atoms with Crippen molar-refractivity contribution in [3.8, 4) is 16.9 Å². The van der Waals surface area contributed by atoms with Crippen LogP contribution < -0.4 is 21.1 Å². The minimum atomic E-state index is -1.01. The average Bonchev–Trinajstić information content (AvgIpc) is 3.10. The Morgan fingerprint density at radius 2 is 1.60 bits per heavy atom. The van der Waals surface area contributed by atoms with E-state index >= 15 is 0 Å². The lowest BCUT2D eigenvalue weighted by Crippen LogP contribution is -2.50. The van der Waals surface area contributed by atoms with Crippen LogP contribution in [0.25, 0.3) is 11.1 Å². The zero-order chi connectivity index (χ0) is 36.6. The van der Waals surface area contributed by atoms with E-state index in [0.29, 0.717) is 30.9 Å². The fourth-order valence-electron chi connectivity index (χ4n) is 5.44. The van der Waals surface area contributed by atoms with Crippen LogP contribution in [0.3, 0.4) is 0 Å². The van der Waals surface area contributed by atoms with Crippen molar-refractivity contribution in [3.05, 3.63) is 89.5 Å². The molecule has 9 nitrogen and oxygen atoms in total. The molecule has 0 aromatic heterocycles. The Bertz CT molecular complexity index is 1470. The summed E-state index contributed by atoms with van der Waals surface area (Å²) in [5, 5.41) is 17.0. The van der Waals surface area contributed by atoms with Gasteiger partial charge in [0.2, 0.25) is 5.91 Å². The number of methoxy groups -OCH3 is 1. The SMILES string of the molecule is CC[C@H](C)[C@@H](CNC(=O)c1ccc(F)cc1)NC(=O)[C@@H](C[C@H](O)[C@@H](N)COCc1ccc(-c2ccc(F)cc2)c(OCCCOC)c1)C(C)C. The largest absolute Gasteiger partial charge is 0.493 e. The first-order valence-corrected chi connectivity index (χ1v) is 17.3. The van der Waals surface area contributed by atoms with E-state index in [1.807, 2.05) is 45.9 Å². The van der Waals surface area contributed by atoms with E-state index < -0.39 is 23.9 Å². The van der Waals surface area contributed by atoms with Gasteiger partial charge in [0, 0.05) is 49.8 Å². The Morgan fingerprint density at radius 1 is 0.940 bits per heavy atom. The van der Waals surface area contributed by atoms with E-state index in [2.05, 4.69) is 10.6 Å². The molecular formula is C39H53F2N3O6. The van der Waals surface area contributed by atoms with Crippen LogP contribution >= 0.6 is 0 Å². The summed E-state index contributed by atoms with van der Waals surface area (Å²) in [5.74, 6) is -1.27. The highest BCUT2D eigenvalue weighted by Crippen LogP contribution is 2.32. The third-order valence-corrected chi connectivity index (χ3v) is 8.91. The number of carbonyl (C=O) groups is 2. The number of ether oxygens (including phenoxy) is 3. The number of nitrogens with two attached hydrogens (primary N) is 1. The van der Waals surface area contributed by atoms with Crippen molar-refractivity contribution in [2.75, 3.05) is 33.5 Å². The van der Waals surface area contributed by atoms with E-state index in [-0.39, 0.29) is 61.7 Å². The van der Waals surface area contributed by atoms with Gasteiger partial charge in [-0.1, -0.05) is 58.4 Å². The summed E-state index contributed by atoms with van der Waals surface area (Å²) in [6.45, 7) is 9.30. The van der Waals surface area contributed by atoms with Crippen molar-refractivity contribution in [2.24, 2.45) is 23.5 Å². The lowest BCUT2D eigenvalue weighted by Gasteiger charge is -2.30. The van der Waals surface area contributed by atoms with Gasteiger partial charge in [-0.15, -0.1) is 0 Å². The smallest absolute Gasteiger partial charge is 0.251 e. The Morgan fingerprint density at radius 3 is 2.22 bits per heavy atom. The number of aliphatic hydroxyl groups excluding tert-OH is 1. The zero-order valence-corrected chi connectivity index (χ0v) is 29.8. The number of benzene rings is 3. The molecule has 0 bridgehead atoms. The summed E-state index contributed by atoms with van der Waals surface area (Å²) < 4.78 is 43.9. The van der Waals surface area contributed by atoms with E-state index in [4.69, 9.17) is 19.9 Å². The molecule has 50 heavy (non-hydrogen) atoms. The number of rotatable bonds is 21. The first-order chi connectivity index (χ1) is 23.9. The highest BCUT2D eigenvalue weighted by atomic mass is 19.1. The Labute approximate surface area is 294 Å². The molecular weight excluding hydrogens is 644 g/mol. The fourth-order valence-corrected chi connectivity index (χ4v) is 5.44. The van der Waals surface area contributed by atoms with Crippen LogP contribution in [0.4, 0.5) is 8.78 Å². The highest BCUT2D eigenvalue weighted by Gasteiger charge is 2.30. The lowest BCUT2D eigenvalue weighted by molar-refractivity contribution is -0.128. The number of aliphatic hydroxyl groups is 1. The Balaban J connectivity index is 1.57. The maximum Gasteiger partial charge on any atom is 0.251 e. The molecule has 5 atom stereocenters. The van der Waals surface area contributed by atoms with E-state index in [9.17, 15) is 23.5 Å². The molecule has 0 saturated heterocycles. The first kappa shape index (κ1) is 40.5. The third-order valence-electron chi connectivity index (χ3n) is 8.91. The number of hydrogen-bond acceptors (Lipinski definition) is 7. The molecule has 5 N–H and O–H groups in total. The number of carbonyl (C=O) groups excluding carboxylic acids is 2. The van der Waals surface area contributed by atoms with Gasteiger partial charge in [-0.05, 0) is 71.8 Å². The summed E-state index contributed by atoms with van der Waals surface area (Å²) >= 11 is 0. The van der Waals surface area contributed by atoms with Crippen LogP contribution in [-0.4, -0.2) is 68.6 Å². The standard InChI is InChI=1S/C39H53F2N3O6/c1-6-26(4)35(22-43-38(46)29-11-15-31(41)16-12-29)44-39(47)33(25(2)3)21-36(45)34(42)24-49-23-27-8-17-32(28-9-13-30(40)14-10-28)37(20-27)50-19-7-18-48-5/h8-17,20,25-26,33-36,45H,6-7,18-19,21-24,42H2,1-5H3,(H,43,46)(H,44,47)/t26-,33-,34-,35+,36-/m0/s1. The van der Waals surface area contributed by atoms with Crippen molar-refractivity contribution in [3.63, 3.8) is 0 Å². The van der Waals surface area contributed by atoms with Crippen molar-refractivity contribution >= 4 is 11.8 Å². The molecule has 3 aromatic carbocycles. The summed E-state index contributed by atoms with van der Waals surface area (Å²) in [7, 11) is 1.63. The molecule has 274 valence electrons. The second kappa shape index (κ2) is 20.7. The van der Waals surface area contributed by atoms with Crippen LogP contribution in [0.1, 0.15) is 62.9 Å². The molecule has 3 rings (SSSR count). The predicted octanol–water partition coefficient (Wildman–Crippen LogP) is 5.88. The second-order valence-electron chi connectivity index (χ2n) is 13.1. The summed E-state index contributed by atoms with van der Waals surface area (Å²) in [6, 6.07) is 16.1. The van der Waals surface area contributed by atoms with Gasteiger partial charge in [-0.25, -0.2) is 8.78 Å². The van der Waals surface area contributed by atoms with Gasteiger partial charge >= 0.3 is 0 Å². The monoisotopic (exact) mass is 697 g/mol. The molecule has 0 spiro atoms. The van der Waals surface area contributed by atoms with Crippen molar-refractivity contribution in [1.29, 1.82) is 0 Å². The fraction of sp³-hybridized carbons (Fsp3) is 0.487. The predicted molar refractivity (Wildman–Crippen MR) is 191 cm³/mol. The molecule has 0 heterocycles. The van der Waals surface area contributed by atoms with E-state index in [1.165, 1.54) is 36.4 Å². The van der Waals surface area contributed by atoms with Crippen LogP contribution in [0.2, 0.25) is 0 Å². The van der Waals surface area contributed by atoms with Gasteiger partial charge in [0.25, 0.3) is 5.91 Å². The summed E-state index contributed by atoms with van der Waals surface area (Å²) in [6.07, 6.45) is 0.600. The number of nitrogens with one attached hydrogen (secondary N) is 2. The quantitative estimate of drug-likeness (QED) is 0.102. The van der Waals surface area contributed by atoms with Crippen molar-refractivity contribution < 1.29 is 37.7 Å². The molecule has 0 radical (unpaired) electrons. The normalized spacial score (nSPS) is 14.4. The minimum absolute atomic E-state index is 0.0573. The zero-order valence-electron chi connectivity index (χ0n) is 29.8. The summed E-state index contributed by atoms with van der Waals surface area (Å²) in [5.41, 5.74) is 9.14. The molecule has 0 saturated carbocycles. The first-order valence-electron chi connectivity index (χ1n) is 17.3. The second-order valence-corrected chi connectivity index (χ2v) is 13.1. The van der Waals surface area contributed by atoms with Crippen LogP contribution in [0.5, 0.6) is 5.75 Å². The van der Waals surface area contributed by atoms with Crippen molar-refractivity contribution in [2.45, 2.75) is 71.8 Å². The number of amides is 2. The molecule has 0 fully saturated rings. The third kappa shape index (κ3) is 12.8. The van der Waals surface area contributed by atoms with Crippen LogP contribution in [0, 0.1) is 29.4 Å². The number of hydrogen-bond donors (Lipinski definition) is 4. The van der Waals surface area contributed by atoms with Gasteiger partial charge < -0.3 is 35.7 Å². The highest BCUT2D eigenvalue weighted by molar-refractivity contribution is 5.94. The minimum Gasteiger partial charge on any atom is -0.493 e. The van der Waals surface area contributed by atoms with E-state index in [0.717, 1.165) is 23.1 Å². The average molecular weight is 698 g/mol. The molecule has 0 aliphatic rings. The molecule has 2 amide bonds. The van der Waals surface area contributed by atoms with Gasteiger partial charge in [0.15, 0.2) is 0 Å². The maximum absolute atomic E-state index is 13.5. The maximum atomic E-state index is 13.5. The molecule has 0 aliphatic heterocycles. The Kier molecular flexibility index (Phi) is 16.8. The number of halogens is 2. The van der Waals surface area contributed by atoms with Gasteiger partial charge in [-0.3, -0.25) is 9.59 Å². The van der Waals surface area contributed by atoms with Gasteiger partial charge in [-0.2, -0.15) is 0 Å². The summed E-state index contributed by atoms with van der Waals surface area (Å²) in [4.78, 5) is 26.2. The van der Waals surface area contributed by atoms with Crippen LogP contribution in [-0.2, 0) is 20.9 Å². The molecule has 0 unspecified atom stereocenters. The van der Waals surface area contributed by atoms with E-state index in [1.54, 1.807) is 19.2 Å². The van der Waals surface area contributed by atoms with Crippen LogP contribution in [0.15, 0.2) is 66.7 Å². The molecule has 11 heteroatoms. The lowest BCUT2D eigenvalue weighted by atomic mass is 9.86. The van der Waals surface area contributed by atoms with Gasteiger partial charge in [0.05, 0.1) is 32.0 Å². The van der Waals surface area contributed by atoms with Crippen molar-refractivity contribution in [1.82, 2.24) is 10.6 Å². The molecule has 0 aliphatic carbocycles. The topological polar surface area (TPSA) is 132 Å². The van der Waals surface area contributed by atoms with Gasteiger partial charge in [0.1, 0.15) is 17.4 Å². The molecule has 3 aromatic rings.